The standard InChI is InChI=1S/C23H17N3O3S/c1-14(28-19-8-4-6-15-5-2-3-7-17(15)19)21(27)25-16-9-10-20-18(13-16)26-22(29-20)23-24-11-12-30-23/h2-14H,1H3,(H,25,27)/t14-/m1/s1. The number of oxazole rings is 1. The molecule has 30 heavy (non-hydrogen) atoms. The third-order valence-electron chi connectivity index (χ3n) is 4.69. The Morgan fingerprint density at radius 2 is 2.00 bits per heavy atom. The molecule has 3 aromatic carbocycles. The zero-order valence-corrected chi connectivity index (χ0v) is 16.8. The highest BCUT2D eigenvalue weighted by Gasteiger charge is 2.17. The molecule has 1 N–H and O–H groups in total. The number of carbonyl (C=O) groups excluding carboxylic acids is 1. The molecular weight excluding hydrogens is 398 g/mol. The highest BCUT2D eigenvalue weighted by atomic mass is 32.1. The molecule has 0 aliphatic carbocycles. The summed E-state index contributed by atoms with van der Waals surface area (Å²) in [4.78, 5) is 21.4. The van der Waals surface area contributed by atoms with Crippen LogP contribution in [0.4, 0.5) is 5.69 Å². The molecule has 5 rings (SSSR count). The van der Waals surface area contributed by atoms with Crippen LogP contribution in [0.25, 0.3) is 32.8 Å². The minimum Gasteiger partial charge on any atom is -0.480 e. The minimum atomic E-state index is -0.672. The monoisotopic (exact) mass is 415 g/mol. The van der Waals surface area contributed by atoms with E-state index in [1.165, 1.54) is 11.3 Å². The Bertz CT molecular complexity index is 1340. The topological polar surface area (TPSA) is 77.2 Å². The third kappa shape index (κ3) is 3.51. The number of hydrogen-bond donors (Lipinski definition) is 1. The van der Waals surface area contributed by atoms with E-state index in [1.54, 1.807) is 31.3 Å². The number of benzene rings is 3. The summed E-state index contributed by atoms with van der Waals surface area (Å²) in [5.41, 5.74) is 1.92. The van der Waals surface area contributed by atoms with E-state index in [0.29, 0.717) is 33.4 Å². The number of hydrogen-bond acceptors (Lipinski definition) is 6. The lowest BCUT2D eigenvalue weighted by Gasteiger charge is -2.16. The number of ether oxygens (including phenoxy) is 1. The van der Waals surface area contributed by atoms with Gasteiger partial charge in [0.05, 0.1) is 0 Å². The maximum absolute atomic E-state index is 12.7. The van der Waals surface area contributed by atoms with Crippen LogP contribution in [-0.4, -0.2) is 22.0 Å². The first kappa shape index (κ1) is 18.3. The van der Waals surface area contributed by atoms with Gasteiger partial charge in [0, 0.05) is 22.7 Å². The summed E-state index contributed by atoms with van der Waals surface area (Å²) in [5.74, 6) is 0.901. The molecule has 0 fully saturated rings. The first-order valence-corrected chi connectivity index (χ1v) is 10.3. The summed E-state index contributed by atoms with van der Waals surface area (Å²) in [6.45, 7) is 1.73. The van der Waals surface area contributed by atoms with E-state index in [0.717, 1.165) is 10.8 Å². The molecule has 5 aromatic rings. The second-order valence-electron chi connectivity index (χ2n) is 6.77. The Hall–Kier alpha value is -3.71. The molecule has 0 saturated heterocycles. The molecule has 0 aliphatic rings. The largest absolute Gasteiger partial charge is 0.480 e. The summed E-state index contributed by atoms with van der Waals surface area (Å²) in [6.07, 6.45) is 1.03. The number of fused-ring (bicyclic) bond motifs is 2. The maximum atomic E-state index is 12.7. The number of nitrogens with one attached hydrogen (secondary N) is 1. The number of aromatic nitrogens is 2. The Kier molecular flexibility index (Phi) is 4.65. The van der Waals surface area contributed by atoms with Crippen molar-refractivity contribution in [3.05, 3.63) is 72.2 Å². The van der Waals surface area contributed by atoms with Gasteiger partial charge in [-0.05, 0) is 36.6 Å². The molecular formula is C23H17N3O3S. The van der Waals surface area contributed by atoms with Crippen LogP contribution in [-0.2, 0) is 4.79 Å². The van der Waals surface area contributed by atoms with E-state index < -0.39 is 6.10 Å². The molecule has 0 spiro atoms. The number of nitrogens with zero attached hydrogens (tertiary/aromatic N) is 2. The van der Waals surface area contributed by atoms with E-state index in [4.69, 9.17) is 9.15 Å². The molecule has 0 bridgehead atoms. The normalized spacial score (nSPS) is 12.2. The van der Waals surface area contributed by atoms with E-state index in [1.807, 2.05) is 47.8 Å². The molecule has 7 heteroatoms. The van der Waals surface area contributed by atoms with Crippen molar-refractivity contribution >= 4 is 44.8 Å². The predicted octanol–water partition coefficient (Wildman–Crippen LogP) is 5.51. The van der Waals surface area contributed by atoms with Gasteiger partial charge in [0.2, 0.25) is 0 Å². The molecule has 0 unspecified atom stereocenters. The lowest BCUT2D eigenvalue weighted by atomic mass is 10.1. The van der Waals surface area contributed by atoms with Crippen molar-refractivity contribution in [1.82, 2.24) is 9.97 Å². The first-order chi connectivity index (χ1) is 14.7. The molecule has 1 atom stereocenters. The fourth-order valence-electron chi connectivity index (χ4n) is 3.21. The summed E-state index contributed by atoms with van der Waals surface area (Å²) in [6, 6.07) is 19.1. The lowest BCUT2D eigenvalue weighted by Crippen LogP contribution is -2.30. The van der Waals surface area contributed by atoms with Crippen LogP contribution < -0.4 is 10.1 Å². The molecule has 0 saturated carbocycles. The molecule has 0 aliphatic heterocycles. The van der Waals surface area contributed by atoms with Crippen molar-refractivity contribution in [2.24, 2.45) is 0 Å². The quantitative estimate of drug-likeness (QED) is 0.409. The summed E-state index contributed by atoms with van der Waals surface area (Å²) < 4.78 is 11.7. The minimum absolute atomic E-state index is 0.245. The predicted molar refractivity (Wildman–Crippen MR) is 118 cm³/mol. The zero-order valence-electron chi connectivity index (χ0n) is 16.0. The highest BCUT2D eigenvalue weighted by molar-refractivity contribution is 7.12. The summed E-state index contributed by atoms with van der Waals surface area (Å²) in [5, 5.41) is 7.51. The van der Waals surface area contributed by atoms with Crippen molar-refractivity contribution in [2.75, 3.05) is 5.32 Å². The van der Waals surface area contributed by atoms with Gasteiger partial charge in [-0.25, -0.2) is 9.97 Å². The summed E-state index contributed by atoms with van der Waals surface area (Å²) >= 11 is 1.46. The average molecular weight is 415 g/mol. The third-order valence-corrected chi connectivity index (χ3v) is 5.45. The van der Waals surface area contributed by atoms with Crippen LogP contribution in [0.1, 0.15) is 6.92 Å². The van der Waals surface area contributed by atoms with Crippen LogP contribution in [0.2, 0.25) is 0 Å². The number of thiazole rings is 1. The van der Waals surface area contributed by atoms with Crippen molar-refractivity contribution in [3.8, 4) is 16.6 Å². The average Bonchev–Trinajstić information content (AvgIpc) is 3.43. The van der Waals surface area contributed by atoms with E-state index in [-0.39, 0.29) is 5.91 Å². The van der Waals surface area contributed by atoms with Crippen LogP contribution >= 0.6 is 11.3 Å². The van der Waals surface area contributed by atoms with Gasteiger partial charge in [-0.3, -0.25) is 4.79 Å². The van der Waals surface area contributed by atoms with Crippen LogP contribution in [0.15, 0.2) is 76.7 Å². The van der Waals surface area contributed by atoms with Gasteiger partial charge >= 0.3 is 0 Å². The Labute approximate surface area is 176 Å². The Morgan fingerprint density at radius 3 is 2.87 bits per heavy atom. The molecule has 6 nitrogen and oxygen atoms in total. The fourth-order valence-corrected chi connectivity index (χ4v) is 3.77. The van der Waals surface area contributed by atoms with Crippen molar-refractivity contribution in [1.29, 1.82) is 0 Å². The lowest BCUT2D eigenvalue weighted by molar-refractivity contribution is -0.122. The number of amides is 1. The molecule has 1 amide bonds. The van der Waals surface area contributed by atoms with Gasteiger partial charge in [0.1, 0.15) is 11.3 Å². The van der Waals surface area contributed by atoms with Gasteiger partial charge < -0.3 is 14.5 Å². The zero-order chi connectivity index (χ0) is 20.5. The second-order valence-corrected chi connectivity index (χ2v) is 7.66. The van der Waals surface area contributed by atoms with Gasteiger partial charge in [0.15, 0.2) is 16.7 Å². The second kappa shape index (κ2) is 7.61. The van der Waals surface area contributed by atoms with Crippen LogP contribution in [0.3, 0.4) is 0 Å². The van der Waals surface area contributed by atoms with Gasteiger partial charge in [-0.15, -0.1) is 11.3 Å². The Balaban J connectivity index is 1.33. The summed E-state index contributed by atoms with van der Waals surface area (Å²) in [7, 11) is 0. The number of carbonyl (C=O) groups is 1. The van der Waals surface area contributed by atoms with Gasteiger partial charge in [-0.2, -0.15) is 0 Å². The van der Waals surface area contributed by atoms with Crippen LogP contribution in [0.5, 0.6) is 5.75 Å². The maximum Gasteiger partial charge on any atom is 0.265 e. The van der Waals surface area contributed by atoms with E-state index >= 15 is 0 Å². The van der Waals surface area contributed by atoms with Gasteiger partial charge in [0.25, 0.3) is 11.8 Å². The SMILES string of the molecule is C[C@@H](Oc1cccc2ccccc12)C(=O)Nc1ccc2oc(-c3nccs3)nc2c1. The van der Waals surface area contributed by atoms with Crippen molar-refractivity contribution < 1.29 is 13.9 Å². The van der Waals surface area contributed by atoms with E-state index in [9.17, 15) is 4.79 Å². The molecule has 148 valence electrons. The molecule has 2 heterocycles. The Morgan fingerprint density at radius 1 is 1.13 bits per heavy atom. The van der Waals surface area contributed by atoms with Crippen LogP contribution in [0, 0.1) is 0 Å². The van der Waals surface area contributed by atoms with Crippen molar-refractivity contribution in [3.63, 3.8) is 0 Å². The van der Waals surface area contributed by atoms with E-state index in [2.05, 4.69) is 15.3 Å². The highest BCUT2D eigenvalue weighted by Crippen LogP contribution is 2.28. The smallest absolute Gasteiger partial charge is 0.265 e. The van der Waals surface area contributed by atoms with Gasteiger partial charge in [-0.1, -0.05) is 36.4 Å². The molecule has 2 aromatic heterocycles. The molecule has 0 radical (unpaired) electrons. The fraction of sp³-hybridized carbons (Fsp3) is 0.0870. The number of anilines is 1. The van der Waals surface area contributed by atoms with Crippen molar-refractivity contribution in [2.45, 2.75) is 13.0 Å². The first-order valence-electron chi connectivity index (χ1n) is 9.43. The number of rotatable bonds is 5.